The second kappa shape index (κ2) is 14.4. The summed E-state index contributed by atoms with van der Waals surface area (Å²) < 4.78 is 0. The molecule has 0 spiro atoms. The SMILES string of the molecule is CC(C)C[C@@H]1NC(=O)C(Cc2ccccc2)CCC/C=C/CC(C(=O)N(C)C)C[C@@H](C=O)NC1=O. The molecule has 0 saturated carbocycles. The number of rotatable bonds is 6. The lowest BCUT2D eigenvalue weighted by molar-refractivity contribution is -0.134. The molecule has 1 aromatic carbocycles. The van der Waals surface area contributed by atoms with Gasteiger partial charge in [-0.15, -0.1) is 0 Å². The van der Waals surface area contributed by atoms with Crippen molar-refractivity contribution in [3.8, 4) is 0 Å². The number of nitrogens with one attached hydrogen (secondary N) is 2. The summed E-state index contributed by atoms with van der Waals surface area (Å²) in [6.07, 6.45) is 8.79. The number of benzene rings is 1. The highest BCUT2D eigenvalue weighted by molar-refractivity contribution is 5.90. The Labute approximate surface area is 209 Å². The molecule has 2 rings (SSSR count). The summed E-state index contributed by atoms with van der Waals surface area (Å²) in [4.78, 5) is 52.6. The summed E-state index contributed by atoms with van der Waals surface area (Å²) in [6, 6.07) is 8.35. The smallest absolute Gasteiger partial charge is 0.243 e. The molecule has 35 heavy (non-hydrogen) atoms. The van der Waals surface area contributed by atoms with Crippen molar-refractivity contribution in [2.75, 3.05) is 14.1 Å². The molecule has 0 aromatic heterocycles. The van der Waals surface area contributed by atoms with Crippen LogP contribution in [0.4, 0.5) is 0 Å². The molecule has 192 valence electrons. The van der Waals surface area contributed by atoms with E-state index >= 15 is 0 Å². The Morgan fingerprint density at radius 2 is 1.80 bits per heavy atom. The van der Waals surface area contributed by atoms with Gasteiger partial charge in [-0.1, -0.05) is 56.3 Å². The van der Waals surface area contributed by atoms with Crippen molar-refractivity contribution >= 4 is 24.0 Å². The fraction of sp³-hybridized carbons (Fsp3) is 0.571. The van der Waals surface area contributed by atoms with Crippen molar-refractivity contribution in [3.63, 3.8) is 0 Å². The minimum Gasteiger partial charge on any atom is -0.349 e. The van der Waals surface area contributed by atoms with Crippen LogP contribution in [0, 0.1) is 17.8 Å². The third kappa shape index (κ3) is 9.67. The largest absolute Gasteiger partial charge is 0.349 e. The normalized spacial score (nSPS) is 25.5. The van der Waals surface area contributed by atoms with Gasteiger partial charge in [0.15, 0.2) is 0 Å². The molecule has 0 radical (unpaired) electrons. The lowest BCUT2D eigenvalue weighted by atomic mass is 9.92. The van der Waals surface area contributed by atoms with Crippen molar-refractivity contribution in [3.05, 3.63) is 48.0 Å². The van der Waals surface area contributed by atoms with Gasteiger partial charge in [-0.25, -0.2) is 0 Å². The molecule has 1 aliphatic heterocycles. The van der Waals surface area contributed by atoms with Crippen LogP contribution in [0.2, 0.25) is 0 Å². The van der Waals surface area contributed by atoms with E-state index < -0.39 is 18.0 Å². The van der Waals surface area contributed by atoms with Crippen LogP contribution in [0.25, 0.3) is 0 Å². The summed E-state index contributed by atoms with van der Waals surface area (Å²) in [5, 5.41) is 5.76. The Hall–Kier alpha value is -2.96. The maximum atomic E-state index is 13.3. The minimum absolute atomic E-state index is 0.0741. The Morgan fingerprint density at radius 1 is 1.09 bits per heavy atom. The number of hydrogen-bond donors (Lipinski definition) is 2. The minimum atomic E-state index is -0.804. The molecule has 1 aromatic rings. The van der Waals surface area contributed by atoms with Crippen molar-refractivity contribution in [1.82, 2.24) is 15.5 Å². The Bertz CT molecular complexity index is 866. The quantitative estimate of drug-likeness (QED) is 0.479. The summed E-state index contributed by atoms with van der Waals surface area (Å²) in [5.41, 5.74) is 1.08. The number of nitrogens with zero attached hydrogens (tertiary/aromatic N) is 1. The van der Waals surface area contributed by atoms with Crippen LogP contribution in [0.3, 0.4) is 0 Å². The molecule has 1 heterocycles. The number of allylic oxidation sites excluding steroid dienone is 2. The molecule has 2 N–H and O–H groups in total. The highest BCUT2D eigenvalue weighted by Crippen LogP contribution is 2.20. The van der Waals surface area contributed by atoms with Crippen molar-refractivity contribution in [2.24, 2.45) is 17.8 Å². The molecule has 0 aliphatic carbocycles. The van der Waals surface area contributed by atoms with E-state index in [1.165, 1.54) is 4.90 Å². The molecule has 2 unspecified atom stereocenters. The van der Waals surface area contributed by atoms with Crippen LogP contribution in [0.1, 0.15) is 57.9 Å². The van der Waals surface area contributed by atoms with E-state index in [9.17, 15) is 19.2 Å². The fourth-order valence-corrected chi connectivity index (χ4v) is 4.48. The van der Waals surface area contributed by atoms with Crippen LogP contribution in [0.15, 0.2) is 42.5 Å². The van der Waals surface area contributed by atoms with E-state index in [0.717, 1.165) is 18.4 Å². The third-order valence-corrected chi connectivity index (χ3v) is 6.37. The lowest BCUT2D eigenvalue weighted by Crippen LogP contribution is -2.52. The van der Waals surface area contributed by atoms with Gasteiger partial charge in [-0.3, -0.25) is 14.4 Å². The zero-order valence-corrected chi connectivity index (χ0v) is 21.5. The zero-order valence-electron chi connectivity index (χ0n) is 21.5. The first-order valence-electron chi connectivity index (χ1n) is 12.7. The molecule has 0 saturated heterocycles. The van der Waals surface area contributed by atoms with Crippen molar-refractivity contribution < 1.29 is 19.2 Å². The van der Waals surface area contributed by atoms with Gasteiger partial charge in [0.1, 0.15) is 12.3 Å². The van der Waals surface area contributed by atoms with Crippen LogP contribution in [-0.4, -0.2) is 55.1 Å². The van der Waals surface area contributed by atoms with Crippen molar-refractivity contribution in [2.45, 2.75) is 70.9 Å². The molecule has 0 fully saturated rings. The first kappa shape index (κ1) is 28.3. The van der Waals surface area contributed by atoms with E-state index in [4.69, 9.17) is 0 Å². The first-order valence-corrected chi connectivity index (χ1v) is 12.7. The van der Waals surface area contributed by atoms with Crippen LogP contribution < -0.4 is 10.6 Å². The Kier molecular flexibility index (Phi) is 11.7. The van der Waals surface area contributed by atoms with Gasteiger partial charge in [0.05, 0.1) is 6.04 Å². The number of aldehydes is 1. The van der Waals surface area contributed by atoms with E-state index in [1.807, 2.05) is 56.3 Å². The zero-order chi connectivity index (χ0) is 25.8. The topological polar surface area (TPSA) is 95.6 Å². The third-order valence-electron chi connectivity index (χ3n) is 6.37. The van der Waals surface area contributed by atoms with Gasteiger partial charge in [-0.2, -0.15) is 0 Å². The highest BCUT2D eigenvalue weighted by atomic mass is 16.2. The van der Waals surface area contributed by atoms with Gasteiger partial charge in [0.2, 0.25) is 17.7 Å². The number of carbonyl (C=O) groups is 4. The van der Waals surface area contributed by atoms with Gasteiger partial charge in [-0.05, 0) is 56.4 Å². The molecule has 7 nitrogen and oxygen atoms in total. The molecule has 4 atom stereocenters. The van der Waals surface area contributed by atoms with Crippen LogP contribution >= 0.6 is 0 Å². The van der Waals surface area contributed by atoms with E-state index in [2.05, 4.69) is 10.6 Å². The second-order valence-corrected chi connectivity index (χ2v) is 10.1. The van der Waals surface area contributed by atoms with E-state index in [0.29, 0.717) is 32.0 Å². The van der Waals surface area contributed by atoms with Crippen LogP contribution in [0.5, 0.6) is 0 Å². The molecular formula is C28H41N3O4. The number of amides is 3. The van der Waals surface area contributed by atoms with Gasteiger partial charge < -0.3 is 20.3 Å². The Morgan fingerprint density at radius 3 is 2.43 bits per heavy atom. The monoisotopic (exact) mass is 483 g/mol. The summed E-state index contributed by atoms with van der Waals surface area (Å²) >= 11 is 0. The summed E-state index contributed by atoms with van der Waals surface area (Å²) in [7, 11) is 3.38. The summed E-state index contributed by atoms with van der Waals surface area (Å²) in [6.45, 7) is 3.98. The van der Waals surface area contributed by atoms with E-state index in [1.54, 1.807) is 14.1 Å². The maximum absolute atomic E-state index is 13.3. The molecule has 7 heteroatoms. The first-order chi connectivity index (χ1) is 16.7. The second-order valence-electron chi connectivity index (χ2n) is 10.1. The number of hydrogen-bond acceptors (Lipinski definition) is 4. The molecule has 1 aliphatic rings. The molecule has 0 bridgehead atoms. The average Bonchev–Trinajstić information content (AvgIpc) is 2.82. The molecular weight excluding hydrogens is 442 g/mol. The fourth-order valence-electron chi connectivity index (χ4n) is 4.48. The predicted octanol–water partition coefficient (Wildman–Crippen LogP) is 3.28. The van der Waals surface area contributed by atoms with Gasteiger partial charge in [0, 0.05) is 25.9 Å². The van der Waals surface area contributed by atoms with Crippen molar-refractivity contribution in [1.29, 1.82) is 0 Å². The average molecular weight is 484 g/mol. The summed E-state index contributed by atoms with van der Waals surface area (Å²) in [5.74, 6) is -1.10. The standard InChI is InChI=1S/C28H41N3O4/c1-20(2)16-25-27(34)29-24(19-32)18-23(28(35)31(3)4)15-11-6-5-10-14-22(26(33)30-25)17-21-12-8-7-9-13-21/h6-9,11-13,19-20,22-25H,5,10,14-18H2,1-4H3,(H,29,34)(H,30,33)/b11-6+/t22?,23?,24-,25-/m0/s1. The maximum Gasteiger partial charge on any atom is 0.243 e. The van der Waals surface area contributed by atoms with Gasteiger partial charge in [0.25, 0.3) is 0 Å². The molecule has 3 amide bonds. The lowest BCUT2D eigenvalue weighted by Gasteiger charge is -2.26. The van der Waals surface area contributed by atoms with E-state index in [-0.39, 0.29) is 36.0 Å². The number of carbonyl (C=O) groups excluding carboxylic acids is 4. The Balaban J connectivity index is 2.30. The van der Waals surface area contributed by atoms with Gasteiger partial charge >= 0.3 is 0 Å². The highest BCUT2D eigenvalue weighted by Gasteiger charge is 2.30. The predicted molar refractivity (Wildman–Crippen MR) is 137 cm³/mol. The van der Waals surface area contributed by atoms with Crippen LogP contribution in [-0.2, 0) is 25.6 Å².